The SMILES string of the molecule is COC1(C(F)(F)F)CN(C(=O)CN=[N+]=[N-])C1. The Kier molecular flexibility index (Phi) is 3.30. The van der Waals surface area contributed by atoms with Gasteiger partial charge in [-0.1, -0.05) is 5.11 Å². The first-order valence-corrected chi connectivity index (χ1v) is 4.27. The van der Waals surface area contributed by atoms with Gasteiger partial charge in [0.05, 0.1) is 13.1 Å². The maximum Gasteiger partial charge on any atom is 0.420 e. The first-order valence-electron chi connectivity index (χ1n) is 4.27. The third kappa shape index (κ3) is 2.05. The Morgan fingerprint density at radius 2 is 2.19 bits per heavy atom. The van der Waals surface area contributed by atoms with Crippen LogP contribution in [-0.2, 0) is 9.53 Å². The zero-order chi connectivity index (χ0) is 12.4. The molecule has 0 spiro atoms. The first-order chi connectivity index (χ1) is 7.36. The maximum absolute atomic E-state index is 12.5. The van der Waals surface area contributed by atoms with Crippen molar-refractivity contribution in [2.75, 3.05) is 26.7 Å². The molecule has 1 fully saturated rings. The van der Waals surface area contributed by atoms with Crippen LogP contribution in [0.3, 0.4) is 0 Å². The number of halogens is 3. The van der Waals surface area contributed by atoms with Crippen molar-refractivity contribution in [1.82, 2.24) is 4.90 Å². The normalized spacial score (nSPS) is 18.6. The molecule has 6 nitrogen and oxygen atoms in total. The summed E-state index contributed by atoms with van der Waals surface area (Å²) in [6.07, 6.45) is -4.52. The highest BCUT2D eigenvalue weighted by Crippen LogP contribution is 2.40. The molecule has 0 aliphatic carbocycles. The highest BCUT2D eigenvalue weighted by Gasteiger charge is 2.63. The van der Waals surface area contributed by atoms with E-state index < -0.39 is 37.3 Å². The zero-order valence-electron chi connectivity index (χ0n) is 8.36. The molecule has 1 heterocycles. The lowest BCUT2D eigenvalue weighted by Gasteiger charge is -2.49. The van der Waals surface area contributed by atoms with Gasteiger partial charge in [0.25, 0.3) is 0 Å². The summed E-state index contributed by atoms with van der Waals surface area (Å²) < 4.78 is 41.9. The van der Waals surface area contributed by atoms with Crippen molar-refractivity contribution in [3.8, 4) is 0 Å². The second-order valence-corrected chi connectivity index (χ2v) is 3.33. The number of methoxy groups -OCH3 is 1. The molecule has 0 atom stereocenters. The van der Waals surface area contributed by atoms with Crippen LogP contribution in [0.2, 0.25) is 0 Å². The minimum Gasteiger partial charge on any atom is -0.365 e. The molecule has 1 aliphatic heterocycles. The molecular weight excluding hydrogens is 229 g/mol. The van der Waals surface area contributed by atoms with Crippen molar-refractivity contribution in [2.45, 2.75) is 11.8 Å². The van der Waals surface area contributed by atoms with Crippen molar-refractivity contribution in [3.63, 3.8) is 0 Å². The molecule has 0 aromatic carbocycles. The van der Waals surface area contributed by atoms with Crippen molar-refractivity contribution in [1.29, 1.82) is 0 Å². The Bertz CT molecular complexity index is 331. The number of carbonyl (C=O) groups excluding carboxylic acids is 1. The second-order valence-electron chi connectivity index (χ2n) is 3.33. The zero-order valence-corrected chi connectivity index (χ0v) is 8.36. The molecule has 1 rings (SSSR count). The van der Waals surface area contributed by atoms with E-state index in [-0.39, 0.29) is 0 Å². The minimum atomic E-state index is -4.52. The minimum absolute atomic E-state index is 0.478. The summed E-state index contributed by atoms with van der Waals surface area (Å²) in [4.78, 5) is 14.4. The van der Waals surface area contributed by atoms with E-state index in [0.29, 0.717) is 0 Å². The fourth-order valence-electron chi connectivity index (χ4n) is 1.36. The van der Waals surface area contributed by atoms with Crippen molar-refractivity contribution in [2.24, 2.45) is 5.11 Å². The van der Waals surface area contributed by atoms with E-state index in [1.807, 2.05) is 0 Å². The van der Waals surface area contributed by atoms with Crippen LogP contribution in [0.5, 0.6) is 0 Å². The molecular formula is C7H9F3N4O2. The molecule has 0 aromatic rings. The van der Waals surface area contributed by atoms with Gasteiger partial charge in [0, 0.05) is 12.0 Å². The van der Waals surface area contributed by atoms with E-state index in [1.54, 1.807) is 0 Å². The summed E-state index contributed by atoms with van der Waals surface area (Å²) in [5.74, 6) is -0.644. The molecule has 0 aromatic heterocycles. The van der Waals surface area contributed by atoms with E-state index in [4.69, 9.17) is 5.53 Å². The van der Waals surface area contributed by atoms with Crippen molar-refractivity contribution >= 4 is 5.91 Å². The smallest absolute Gasteiger partial charge is 0.365 e. The van der Waals surface area contributed by atoms with Gasteiger partial charge in [-0.2, -0.15) is 13.2 Å². The average Bonchev–Trinajstić information content (AvgIpc) is 2.11. The van der Waals surface area contributed by atoms with Gasteiger partial charge >= 0.3 is 6.18 Å². The van der Waals surface area contributed by atoms with Gasteiger partial charge in [-0.05, 0) is 5.53 Å². The van der Waals surface area contributed by atoms with Gasteiger partial charge in [-0.25, -0.2) is 0 Å². The van der Waals surface area contributed by atoms with Crippen LogP contribution in [-0.4, -0.2) is 49.3 Å². The summed E-state index contributed by atoms with van der Waals surface area (Å²) in [7, 11) is 0.947. The quantitative estimate of drug-likeness (QED) is 0.419. The first kappa shape index (κ1) is 12.6. The number of hydrogen-bond donors (Lipinski definition) is 0. The monoisotopic (exact) mass is 238 g/mol. The van der Waals surface area contributed by atoms with Crippen LogP contribution in [0.15, 0.2) is 5.11 Å². The predicted molar refractivity (Wildman–Crippen MR) is 46.4 cm³/mol. The largest absolute Gasteiger partial charge is 0.420 e. The molecule has 9 heteroatoms. The molecule has 1 saturated heterocycles. The summed E-state index contributed by atoms with van der Waals surface area (Å²) in [6, 6.07) is 0. The highest BCUT2D eigenvalue weighted by atomic mass is 19.4. The Hall–Kier alpha value is -1.47. The number of amides is 1. The lowest BCUT2D eigenvalue weighted by Crippen LogP contribution is -2.71. The fourth-order valence-corrected chi connectivity index (χ4v) is 1.36. The van der Waals surface area contributed by atoms with E-state index in [0.717, 1.165) is 12.0 Å². The number of rotatable bonds is 3. The lowest BCUT2D eigenvalue weighted by molar-refractivity contribution is -0.306. The van der Waals surface area contributed by atoms with Crippen molar-refractivity contribution < 1.29 is 22.7 Å². The van der Waals surface area contributed by atoms with E-state index >= 15 is 0 Å². The molecule has 0 unspecified atom stereocenters. The van der Waals surface area contributed by atoms with Gasteiger partial charge in [0.2, 0.25) is 5.91 Å². The Labute approximate surface area is 88.6 Å². The fraction of sp³-hybridized carbons (Fsp3) is 0.857. The predicted octanol–water partition coefficient (Wildman–Crippen LogP) is 1.09. The highest BCUT2D eigenvalue weighted by molar-refractivity contribution is 5.79. The molecule has 16 heavy (non-hydrogen) atoms. The number of ether oxygens (including phenoxy) is 1. The Morgan fingerprint density at radius 1 is 1.62 bits per heavy atom. The number of likely N-dealkylation sites (tertiary alicyclic amines) is 1. The Balaban J connectivity index is 2.58. The van der Waals surface area contributed by atoms with Gasteiger partial charge in [-0.3, -0.25) is 4.79 Å². The molecule has 1 aliphatic rings. The summed E-state index contributed by atoms with van der Waals surface area (Å²) >= 11 is 0. The topological polar surface area (TPSA) is 78.3 Å². The van der Waals surface area contributed by atoms with Crippen LogP contribution in [0, 0.1) is 0 Å². The molecule has 1 amide bonds. The van der Waals surface area contributed by atoms with Crippen LogP contribution >= 0.6 is 0 Å². The van der Waals surface area contributed by atoms with Crippen LogP contribution in [0.1, 0.15) is 0 Å². The summed E-state index contributed by atoms with van der Waals surface area (Å²) in [6.45, 7) is -1.60. The van der Waals surface area contributed by atoms with Gasteiger partial charge in [-0.15, -0.1) is 0 Å². The Morgan fingerprint density at radius 3 is 2.56 bits per heavy atom. The molecule has 0 radical (unpaired) electrons. The molecule has 90 valence electrons. The second kappa shape index (κ2) is 4.18. The number of azide groups is 1. The van der Waals surface area contributed by atoms with Crippen LogP contribution in [0.25, 0.3) is 10.4 Å². The molecule has 0 N–H and O–H groups in total. The van der Waals surface area contributed by atoms with Gasteiger partial charge < -0.3 is 9.64 Å². The lowest BCUT2D eigenvalue weighted by atomic mass is 9.93. The van der Waals surface area contributed by atoms with Crippen LogP contribution in [0.4, 0.5) is 13.2 Å². The van der Waals surface area contributed by atoms with Crippen molar-refractivity contribution in [3.05, 3.63) is 10.4 Å². The number of carbonyl (C=O) groups is 1. The van der Waals surface area contributed by atoms with E-state index in [9.17, 15) is 18.0 Å². The summed E-state index contributed by atoms with van der Waals surface area (Å²) in [5.41, 5.74) is 5.67. The number of alkyl halides is 3. The average molecular weight is 238 g/mol. The third-order valence-electron chi connectivity index (χ3n) is 2.42. The standard InChI is InChI=1S/C7H9F3N4O2/c1-16-6(7(8,9)10)3-14(4-6)5(15)2-12-13-11/h2-4H2,1H3. The van der Waals surface area contributed by atoms with Crippen LogP contribution < -0.4 is 0 Å². The number of nitrogens with zero attached hydrogens (tertiary/aromatic N) is 4. The summed E-state index contributed by atoms with van der Waals surface area (Å²) in [5, 5.41) is 2.98. The molecule has 0 bridgehead atoms. The van der Waals surface area contributed by atoms with E-state index in [2.05, 4.69) is 14.8 Å². The molecule has 0 saturated carbocycles. The van der Waals surface area contributed by atoms with Gasteiger partial charge in [0.15, 0.2) is 5.60 Å². The number of hydrogen-bond acceptors (Lipinski definition) is 3. The maximum atomic E-state index is 12.5. The third-order valence-corrected chi connectivity index (χ3v) is 2.42. The van der Waals surface area contributed by atoms with E-state index in [1.165, 1.54) is 0 Å². The van der Waals surface area contributed by atoms with Gasteiger partial charge in [0.1, 0.15) is 6.54 Å².